The van der Waals surface area contributed by atoms with Crippen molar-refractivity contribution in [2.24, 2.45) is 11.3 Å². The van der Waals surface area contributed by atoms with Gasteiger partial charge in [-0.3, -0.25) is 29.5 Å². The highest BCUT2D eigenvalue weighted by molar-refractivity contribution is 5.94. The van der Waals surface area contributed by atoms with Crippen LogP contribution in [0.4, 0.5) is 16.2 Å². The number of aliphatic hydroxyl groups is 1. The topological polar surface area (TPSA) is 189 Å². The molecule has 2 fully saturated rings. The Bertz CT molecular complexity index is 2810. The molecule has 1 spiro atoms. The largest absolute Gasteiger partial charge is 0.496 e. The monoisotopic (exact) mass is 942 g/mol. The molecule has 364 valence electrons. The van der Waals surface area contributed by atoms with Gasteiger partial charge in [-0.15, -0.1) is 0 Å². The number of para-hydroxylation sites is 2. The molecule has 1 saturated carbocycles. The third kappa shape index (κ3) is 6.90. The molecule has 1 aromatic heterocycles. The molecule has 1 amide bonds. The number of hydrogen-bond donors (Lipinski definition) is 3. The van der Waals surface area contributed by atoms with Gasteiger partial charge in [-0.2, -0.15) is 0 Å². The summed E-state index contributed by atoms with van der Waals surface area (Å²) >= 11 is 0. The number of carbonyl (C=O) groups excluding carboxylic acids is 3. The molecule has 5 aliphatic heterocycles. The van der Waals surface area contributed by atoms with Crippen LogP contribution in [0.2, 0.25) is 0 Å². The van der Waals surface area contributed by atoms with Gasteiger partial charge in [-0.1, -0.05) is 68.0 Å². The van der Waals surface area contributed by atoms with E-state index in [1.54, 1.807) is 13.2 Å². The van der Waals surface area contributed by atoms with Gasteiger partial charge in [0.05, 0.1) is 37.3 Å². The van der Waals surface area contributed by atoms with Crippen molar-refractivity contribution in [1.82, 2.24) is 20.1 Å². The highest BCUT2D eigenvalue weighted by Crippen LogP contribution is 2.68. The quantitative estimate of drug-likeness (QED) is 0.0489. The summed E-state index contributed by atoms with van der Waals surface area (Å²) in [5, 5.41) is 29.6. The Morgan fingerprint density at radius 1 is 1.03 bits per heavy atom. The van der Waals surface area contributed by atoms with Crippen molar-refractivity contribution in [1.29, 1.82) is 0 Å². The van der Waals surface area contributed by atoms with Gasteiger partial charge in [0, 0.05) is 97.0 Å². The van der Waals surface area contributed by atoms with Crippen LogP contribution in [-0.4, -0.2) is 127 Å². The van der Waals surface area contributed by atoms with E-state index in [1.807, 2.05) is 37.1 Å². The number of rotatable bonds is 11. The first-order valence-corrected chi connectivity index (χ1v) is 24.2. The van der Waals surface area contributed by atoms with Crippen LogP contribution >= 0.6 is 0 Å². The molecule has 9 atom stereocenters. The van der Waals surface area contributed by atoms with Gasteiger partial charge in [0.25, 0.3) is 5.69 Å². The molecule has 1 aliphatic carbocycles. The van der Waals surface area contributed by atoms with E-state index in [0.717, 1.165) is 59.5 Å². The number of nitro benzene ring substituents is 1. The number of amides is 1. The summed E-state index contributed by atoms with van der Waals surface area (Å²) < 4.78 is 24.4. The molecular formula is C53H62N6O10. The first-order valence-electron chi connectivity index (χ1n) is 24.2. The smallest absolute Gasteiger partial charge is 0.407 e. The number of methoxy groups -OCH3 is 2. The van der Waals surface area contributed by atoms with E-state index < -0.39 is 63.5 Å². The number of nitrogens with one attached hydrogen (secondary N) is 2. The summed E-state index contributed by atoms with van der Waals surface area (Å²) in [6.45, 7) is 8.53. The van der Waals surface area contributed by atoms with Gasteiger partial charge >= 0.3 is 18.0 Å². The van der Waals surface area contributed by atoms with Gasteiger partial charge in [0.2, 0.25) is 0 Å². The fourth-order valence-electron chi connectivity index (χ4n) is 14.2. The van der Waals surface area contributed by atoms with E-state index in [-0.39, 0.29) is 29.8 Å². The van der Waals surface area contributed by atoms with E-state index >= 15 is 4.79 Å². The molecule has 0 radical (unpaired) electrons. The van der Waals surface area contributed by atoms with Gasteiger partial charge in [-0.05, 0) is 73.9 Å². The maximum Gasteiger partial charge on any atom is 0.407 e. The van der Waals surface area contributed by atoms with Crippen LogP contribution in [0.15, 0.2) is 84.5 Å². The van der Waals surface area contributed by atoms with E-state index in [0.29, 0.717) is 50.1 Å². The zero-order chi connectivity index (χ0) is 48.6. The second kappa shape index (κ2) is 17.3. The third-order valence-electron chi connectivity index (χ3n) is 16.7. The summed E-state index contributed by atoms with van der Waals surface area (Å²) in [5.41, 5.74) is 1.29. The van der Waals surface area contributed by atoms with E-state index in [1.165, 1.54) is 37.8 Å². The molecule has 16 heteroatoms. The van der Waals surface area contributed by atoms with E-state index in [9.17, 15) is 24.8 Å². The predicted molar refractivity (Wildman–Crippen MR) is 258 cm³/mol. The molecule has 1 saturated heterocycles. The number of carbonyl (C=O) groups is 3. The summed E-state index contributed by atoms with van der Waals surface area (Å²) in [6.07, 6.45) is 7.54. The van der Waals surface area contributed by atoms with Gasteiger partial charge in [-0.25, -0.2) is 4.79 Å². The minimum atomic E-state index is -1.97. The minimum absolute atomic E-state index is 0.0157. The maximum absolute atomic E-state index is 15.5. The van der Waals surface area contributed by atoms with Crippen molar-refractivity contribution in [3.63, 3.8) is 0 Å². The zero-order valence-electron chi connectivity index (χ0n) is 40.2. The number of nitro groups is 1. The summed E-state index contributed by atoms with van der Waals surface area (Å²) in [4.78, 5) is 64.6. The second-order valence-electron chi connectivity index (χ2n) is 20.0. The predicted octanol–water partition coefficient (Wildman–Crippen LogP) is 6.46. The maximum atomic E-state index is 15.5. The number of nitrogens with zero attached hydrogens (tertiary/aromatic N) is 4. The Morgan fingerprint density at radius 2 is 1.81 bits per heavy atom. The number of hydrogen-bond acceptors (Lipinski definition) is 13. The fraction of sp³-hybridized carbons (Fsp3) is 0.491. The normalized spacial score (nSPS) is 30.9. The standard InChI is InChI=1S/C53H62N6O10/c1-7-33-24-34-27-52(48(61)67-6,44-37(18-22-57(28-33)29-34)36-15-10-11-16-40(36)55-44)39-25-38-42(26-43(39)66-5)56(4)46-51(38)20-23-58-21-13-19-50(8-2,45(51)58)47(69-32(3)60)53(46,63)31-54-49(62)68-30-35-14-9-12-17-41(35)59(64)65/h9-17,19,24-26,34,45-47,55,63H,7-8,18,20-23,27-31H2,1-6H3,(H,54,62)/t34-,45-,46+,47+,50+,51+,52-,53-/m0/s1. The van der Waals surface area contributed by atoms with Crippen molar-refractivity contribution in [2.75, 3.05) is 65.4 Å². The second-order valence-corrected chi connectivity index (χ2v) is 20.0. The first-order chi connectivity index (χ1) is 33.2. The SMILES string of the molecule is CCC1=C[C@@H]2CN(CCc3c([nH]c4ccccc34)[C@@](C(=O)OC)(c3cc4c(cc3OC)N(C)[C@H]3[C@@](O)(CNC(=O)OCc5ccccc5[N+](=O)[O-])[C@H](OC(C)=O)[C@]5(CC)C=CCN6CC[C@]43[C@@H]65)C2)C1. The van der Waals surface area contributed by atoms with Crippen molar-refractivity contribution >= 4 is 40.3 Å². The fourth-order valence-corrected chi connectivity index (χ4v) is 14.2. The van der Waals surface area contributed by atoms with Crippen LogP contribution in [0.5, 0.6) is 5.75 Å². The molecule has 1 unspecified atom stereocenters. The third-order valence-corrected chi connectivity index (χ3v) is 16.7. The van der Waals surface area contributed by atoms with Crippen LogP contribution in [0.3, 0.4) is 0 Å². The molecular weight excluding hydrogens is 881 g/mol. The number of H-pyrrole nitrogens is 1. The number of anilines is 1. The first kappa shape index (κ1) is 46.5. The molecule has 3 N–H and O–H groups in total. The average Bonchev–Trinajstić information content (AvgIpc) is 4.02. The summed E-state index contributed by atoms with van der Waals surface area (Å²) in [7, 11) is 4.99. The van der Waals surface area contributed by atoms with E-state index in [4.69, 9.17) is 18.9 Å². The Balaban J connectivity index is 1.17. The Hall–Kier alpha value is -6.23. The molecule has 6 aliphatic rings. The number of aromatic nitrogens is 1. The van der Waals surface area contributed by atoms with Crippen LogP contribution in [0, 0.1) is 21.4 Å². The highest BCUT2D eigenvalue weighted by atomic mass is 16.6. The van der Waals surface area contributed by atoms with Crippen LogP contribution in [-0.2, 0) is 47.7 Å². The minimum Gasteiger partial charge on any atom is -0.496 e. The molecule has 10 rings (SSSR count). The zero-order valence-corrected chi connectivity index (χ0v) is 40.2. The molecule has 4 aromatic rings. The Morgan fingerprint density at radius 3 is 2.55 bits per heavy atom. The lowest BCUT2D eigenvalue weighted by Gasteiger charge is -2.64. The average molecular weight is 943 g/mol. The molecule has 6 heterocycles. The molecule has 16 nitrogen and oxygen atoms in total. The number of aromatic amines is 1. The number of benzene rings is 3. The number of esters is 2. The number of alkyl carbamates (subject to hydrolysis) is 1. The van der Waals surface area contributed by atoms with Crippen molar-refractivity contribution in [3.05, 3.63) is 123 Å². The van der Waals surface area contributed by atoms with Crippen molar-refractivity contribution < 1.29 is 43.4 Å². The molecule has 69 heavy (non-hydrogen) atoms. The Kier molecular flexibility index (Phi) is 11.7. The summed E-state index contributed by atoms with van der Waals surface area (Å²) in [5.74, 6) is -0.527. The summed E-state index contributed by atoms with van der Waals surface area (Å²) in [6, 6.07) is 17.3. The lowest BCUT2D eigenvalue weighted by Crippen LogP contribution is -2.81. The number of ether oxygens (including phenoxy) is 4. The number of fused-ring (bicyclic) bond motifs is 6. The van der Waals surface area contributed by atoms with Crippen LogP contribution in [0.25, 0.3) is 10.9 Å². The number of likely N-dealkylation sites (N-methyl/N-ethyl adjacent to an activating group) is 1. The Labute approximate surface area is 401 Å². The molecule has 2 bridgehead atoms. The van der Waals surface area contributed by atoms with Gasteiger partial charge < -0.3 is 39.3 Å². The van der Waals surface area contributed by atoms with Crippen LogP contribution < -0.4 is 15.0 Å². The van der Waals surface area contributed by atoms with Crippen molar-refractivity contribution in [3.8, 4) is 5.75 Å². The lowest BCUT2D eigenvalue weighted by atomic mass is 9.47. The van der Waals surface area contributed by atoms with E-state index in [2.05, 4.69) is 63.5 Å². The van der Waals surface area contributed by atoms with Gasteiger partial charge in [0.15, 0.2) is 0 Å². The van der Waals surface area contributed by atoms with Gasteiger partial charge in [0.1, 0.15) is 29.5 Å². The van der Waals surface area contributed by atoms with Crippen molar-refractivity contribution in [2.45, 2.75) is 94.1 Å². The highest BCUT2D eigenvalue weighted by Gasteiger charge is 2.78. The molecule has 3 aromatic carbocycles. The lowest BCUT2D eigenvalue weighted by molar-refractivity contribution is -0.385. The van der Waals surface area contributed by atoms with Crippen LogP contribution in [0.1, 0.15) is 74.4 Å².